The van der Waals surface area contributed by atoms with Crippen molar-refractivity contribution in [1.29, 1.82) is 0 Å². The number of nitro benzene ring substituents is 1. The van der Waals surface area contributed by atoms with Crippen molar-refractivity contribution in [2.75, 3.05) is 12.9 Å². The average molecular weight is 349 g/mol. The van der Waals surface area contributed by atoms with Crippen LogP contribution < -0.4 is 4.74 Å². The number of hydrogen-bond donors (Lipinski definition) is 0. The summed E-state index contributed by atoms with van der Waals surface area (Å²) in [5.74, 6) is -0.0757. The summed E-state index contributed by atoms with van der Waals surface area (Å²) in [5, 5.41) is 11.0. The summed E-state index contributed by atoms with van der Waals surface area (Å²) in [4.78, 5) is 22.9. The normalized spacial score (nSPS) is 11.6. The molecule has 0 fully saturated rings. The molecule has 0 N–H and O–H groups in total. The number of benzene rings is 2. The number of nitro groups is 1. The van der Waals surface area contributed by atoms with Crippen LogP contribution in [-0.4, -0.2) is 28.0 Å². The molecule has 24 heavy (non-hydrogen) atoms. The van der Waals surface area contributed by atoms with Crippen LogP contribution in [0.3, 0.4) is 0 Å². The van der Waals surface area contributed by atoms with Gasteiger partial charge in [0.25, 0.3) is 5.69 Å². The fraction of sp³-hybridized carbons (Fsp3) is 0.188. The van der Waals surface area contributed by atoms with Gasteiger partial charge in [-0.15, -0.1) is 0 Å². The molecule has 0 bridgehead atoms. The molecule has 0 aliphatic rings. The minimum absolute atomic E-state index is 0.108. The van der Waals surface area contributed by atoms with Crippen molar-refractivity contribution in [1.82, 2.24) is 0 Å². The summed E-state index contributed by atoms with van der Waals surface area (Å²) in [6.45, 7) is 1.72. The molecule has 126 valence electrons. The minimum atomic E-state index is -1.10. The number of esters is 1. The molecule has 2 aromatic carbocycles. The third kappa shape index (κ3) is 4.17. The van der Waals surface area contributed by atoms with Crippen LogP contribution in [-0.2, 0) is 15.5 Å². The van der Waals surface area contributed by atoms with E-state index in [9.17, 15) is 19.1 Å². The first-order valence-corrected chi connectivity index (χ1v) is 8.55. The van der Waals surface area contributed by atoms with Crippen molar-refractivity contribution in [3.8, 4) is 11.5 Å². The van der Waals surface area contributed by atoms with E-state index in [1.54, 1.807) is 37.4 Å². The van der Waals surface area contributed by atoms with Gasteiger partial charge in [0.1, 0.15) is 17.1 Å². The SMILES string of the molecule is CCOC(=O)c1cc(Oc2ccc(S(C)=O)cc2)ccc1[N+](=O)[O-]. The Morgan fingerprint density at radius 2 is 1.79 bits per heavy atom. The van der Waals surface area contributed by atoms with E-state index >= 15 is 0 Å². The van der Waals surface area contributed by atoms with Gasteiger partial charge in [0.05, 0.1) is 11.5 Å². The molecule has 0 radical (unpaired) electrons. The number of ether oxygens (including phenoxy) is 2. The van der Waals surface area contributed by atoms with Gasteiger partial charge in [-0.05, 0) is 37.3 Å². The number of rotatable bonds is 6. The predicted octanol–water partition coefficient (Wildman–Crippen LogP) is 3.30. The molecule has 0 saturated carbocycles. The van der Waals surface area contributed by atoms with Gasteiger partial charge >= 0.3 is 5.97 Å². The second-order valence-electron chi connectivity index (χ2n) is 4.68. The molecule has 0 spiro atoms. The molecule has 8 heteroatoms. The first-order chi connectivity index (χ1) is 11.4. The summed E-state index contributed by atoms with van der Waals surface area (Å²) in [6, 6.07) is 10.4. The van der Waals surface area contributed by atoms with E-state index in [0.29, 0.717) is 10.6 Å². The maximum absolute atomic E-state index is 11.9. The molecule has 1 atom stereocenters. The van der Waals surface area contributed by atoms with Crippen molar-refractivity contribution in [2.45, 2.75) is 11.8 Å². The van der Waals surface area contributed by atoms with Gasteiger partial charge in [0.2, 0.25) is 0 Å². The second-order valence-corrected chi connectivity index (χ2v) is 6.06. The van der Waals surface area contributed by atoms with E-state index in [1.807, 2.05) is 0 Å². The Morgan fingerprint density at radius 3 is 2.33 bits per heavy atom. The highest BCUT2D eigenvalue weighted by Crippen LogP contribution is 2.28. The van der Waals surface area contributed by atoms with E-state index in [1.165, 1.54) is 18.2 Å². The highest BCUT2D eigenvalue weighted by atomic mass is 32.2. The van der Waals surface area contributed by atoms with Crippen LogP contribution in [0.5, 0.6) is 11.5 Å². The third-order valence-electron chi connectivity index (χ3n) is 3.05. The topological polar surface area (TPSA) is 95.7 Å². The fourth-order valence-corrected chi connectivity index (χ4v) is 2.46. The van der Waals surface area contributed by atoms with Gasteiger partial charge in [-0.1, -0.05) is 0 Å². The van der Waals surface area contributed by atoms with E-state index in [-0.39, 0.29) is 23.6 Å². The molecule has 0 aliphatic carbocycles. The lowest BCUT2D eigenvalue weighted by atomic mass is 10.1. The zero-order valence-electron chi connectivity index (χ0n) is 13.1. The van der Waals surface area contributed by atoms with Crippen molar-refractivity contribution < 1.29 is 23.4 Å². The van der Waals surface area contributed by atoms with E-state index in [2.05, 4.69) is 0 Å². The van der Waals surface area contributed by atoms with Crippen molar-refractivity contribution in [2.24, 2.45) is 0 Å². The standard InChI is InChI=1S/C16H15NO6S/c1-3-22-16(18)14-10-12(6-9-15(14)17(19)20)23-11-4-7-13(8-5-11)24(2)21/h4-10H,3H2,1-2H3. The van der Waals surface area contributed by atoms with Crippen molar-refractivity contribution >= 4 is 22.5 Å². The Balaban J connectivity index is 2.30. The molecule has 2 rings (SSSR count). The lowest BCUT2D eigenvalue weighted by Gasteiger charge is -2.08. The molecule has 0 amide bonds. The summed E-state index contributed by atoms with van der Waals surface area (Å²) < 4.78 is 21.8. The van der Waals surface area contributed by atoms with Crippen molar-refractivity contribution in [3.05, 3.63) is 58.1 Å². The summed E-state index contributed by atoms with van der Waals surface area (Å²) in [5.41, 5.74) is -0.525. The van der Waals surface area contributed by atoms with Gasteiger partial charge in [-0.3, -0.25) is 14.3 Å². The van der Waals surface area contributed by atoms with E-state index in [4.69, 9.17) is 9.47 Å². The summed E-state index contributed by atoms with van der Waals surface area (Å²) in [7, 11) is -1.10. The second kappa shape index (κ2) is 7.69. The fourth-order valence-electron chi connectivity index (χ4n) is 1.95. The molecule has 0 heterocycles. The molecule has 0 aromatic heterocycles. The smallest absolute Gasteiger partial charge is 0.345 e. The molecule has 7 nitrogen and oxygen atoms in total. The summed E-state index contributed by atoms with van der Waals surface area (Å²) in [6.07, 6.45) is 1.57. The molecular weight excluding hydrogens is 334 g/mol. The zero-order valence-corrected chi connectivity index (χ0v) is 13.9. The highest BCUT2D eigenvalue weighted by molar-refractivity contribution is 7.84. The van der Waals surface area contributed by atoms with Crippen LogP contribution in [0.4, 0.5) is 5.69 Å². The monoisotopic (exact) mass is 349 g/mol. The van der Waals surface area contributed by atoms with Crippen molar-refractivity contribution in [3.63, 3.8) is 0 Å². The quantitative estimate of drug-likeness (QED) is 0.451. The van der Waals surface area contributed by atoms with Crippen LogP contribution in [0, 0.1) is 10.1 Å². The maximum atomic E-state index is 11.9. The number of carbonyl (C=O) groups is 1. The molecule has 0 saturated heterocycles. The minimum Gasteiger partial charge on any atom is -0.462 e. The van der Waals surface area contributed by atoms with Gasteiger partial charge in [-0.2, -0.15) is 0 Å². The van der Waals surface area contributed by atoms with Gasteiger partial charge < -0.3 is 9.47 Å². The highest BCUT2D eigenvalue weighted by Gasteiger charge is 2.22. The van der Waals surface area contributed by atoms with Gasteiger partial charge in [0.15, 0.2) is 0 Å². The number of hydrogen-bond acceptors (Lipinski definition) is 6. The molecular formula is C16H15NO6S. The first-order valence-electron chi connectivity index (χ1n) is 6.99. The van der Waals surface area contributed by atoms with Crippen LogP contribution >= 0.6 is 0 Å². The number of nitrogens with zero attached hydrogens (tertiary/aromatic N) is 1. The van der Waals surface area contributed by atoms with Gasteiger partial charge in [0, 0.05) is 34.1 Å². The molecule has 0 aliphatic heterocycles. The molecule has 1 unspecified atom stereocenters. The Kier molecular flexibility index (Phi) is 5.64. The largest absolute Gasteiger partial charge is 0.462 e. The van der Waals surface area contributed by atoms with Crippen LogP contribution in [0.2, 0.25) is 0 Å². The Hall–Kier alpha value is -2.74. The average Bonchev–Trinajstić information content (AvgIpc) is 2.55. The van der Waals surface area contributed by atoms with Crippen LogP contribution in [0.1, 0.15) is 17.3 Å². The maximum Gasteiger partial charge on any atom is 0.345 e. The Bertz CT molecular complexity index is 788. The van der Waals surface area contributed by atoms with E-state index in [0.717, 1.165) is 0 Å². The number of carbonyl (C=O) groups excluding carboxylic acids is 1. The predicted molar refractivity (Wildman–Crippen MR) is 87.9 cm³/mol. The first kappa shape index (κ1) is 17.6. The van der Waals surface area contributed by atoms with Crippen LogP contribution in [0.25, 0.3) is 0 Å². The lowest BCUT2D eigenvalue weighted by molar-refractivity contribution is -0.385. The zero-order chi connectivity index (χ0) is 17.7. The van der Waals surface area contributed by atoms with E-state index < -0.39 is 21.7 Å². The van der Waals surface area contributed by atoms with Gasteiger partial charge in [-0.25, -0.2) is 4.79 Å². The van der Waals surface area contributed by atoms with Crippen LogP contribution in [0.15, 0.2) is 47.4 Å². The Morgan fingerprint density at radius 1 is 1.17 bits per heavy atom. The summed E-state index contributed by atoms with van der Waals surface area (Å²) >= 11 is 0. The lowest BCUT2D eigenvalue weighted by Crippen LogP contribution is -2.08. The molecule has 2 aromatic rings. The third-order valence-corrected chi connectivity index (χ3v) is 3.99. The Labute approximate surface area is 140 Å².